The van der Waals surface area contributed by atoms with Crippen LogP contribution >= 0.6 is 0 Å². The van der Waals surface area contributed by atoms with Crippen molar-refractivity contribution in [2.45, 2.75) is 25.3 Å². The molecule has 1 saturated heterocycles. The molecule has 6 heteroatoms. The number of pyridine rings is 2. The molecule has 132 valence electrons. The normalized spacial score (nSPS) is 15.0. The third kappa shape index (κ3) is 4.68. The van der Waals surface area contributed by atoms with E-state index in [1.165, 1.54) is 0 Å². The Bertz CT molecular complexity index is 656. The number of hydrogen-bond acceptors (Lipinski definition) is 4. The molecule has 2 amide bonds. The number of amides is 2. The van der Waals surface area contributed by atoms with Crippen molar-refractivity contribution in [3.8, 4) is 0 Å². The highest BCUT2D eigenvalue weighted by Gasteiger charge is 2.25. The lowest BCUT2D eigenvalue weighted by atomic mass is 10.0. The van der Waals surface area contributed by atoms with Crippen molar-refractivity contribution in [3.63, 3.8) is 0 Å². The summed E-state index contributed by atoms with van der Waals surface area (Å²) in [6.07, 6.45) is 6.27. The van der Waals surface area contributed by atoms with Gasteiger partial charge in [-0.15, -0.1) is 0 Å². The predicted octanol–water partition coefficient (Wildman–Crippen LogP) is 2.33. The van der Waals surface area contributed by atoms with Crippen LogP contribution in [0.3, 0.4) is 0 Å². The summed E-state index contributed by atoms with van der Waals surface area (Å²) < 4.78 is 0. The fourth-order valence-corrected chi connectivity index (χ4v) is 3.16. The van der Waals surface area contributed by atoms with Gasteiger partial charge in [0.2, 0.25) is 0 Å². The average Bonchev–Trinajstić information content (AvgIpc) is 2.69. The zero-order chi connectivity index (χ0) is 17.5. The van der Waals surface area contributed by atoms with E-state index in [-0.39, 0.29) is 12.1 Å². The van der Waals surface area contributed by atoms with Crippen LogP contribution in [0.5, 0.6) is 0 Å². The van der Waals surface area contributed by atoms with Crippen LogP contribution < -0.4 is 10.2 Å². The standard InChI is InChI=1S/C19H25N5O/c1-23(19(25)22-13-8-16-6-2-4-11-20-16)17-9-14-24(15-10-17)18-7-3-5-12-21-18/h2-7,11-12,17H,8-10,13-15H2,1H3,(H,22,25). The van der Waals surface area contributed by atoms with E-state index >= 15 is 0 Å². The minimum absolute atomic E-state index is 0.00721. The molecule has 6 nitrogen and oxygen atoms in total. The van der Waals surface area contributed by atoms with E-state index in [0.717, 1.165) is 43.9 Å². The molecule has 0 aromatic carbocycles. The largest absolute Gasteiger partial charge is 0.356 e. The van der Waals surface area contributed by atoms with Crippen molar-refractivity contribution in [2.24, 2.45) is 0 Å². The second-order valence-electron chi connectivity index (χ2n) is 6.32. The van der Waals surface area contributed by atoms with Gasteiger partial charge in [0.1, 0.15) is 5.82 Å². The van der Waals surface area contributed by atoms with Gasteiger partial charge in [-0.1, -0.05) is 12.1 Å². The van der Waals surface area contributed by atoms with Crippen LogP contribution in [-0.4, -0.2) is 53.6 Å². The average molecular weight is 339 g/mol. The maximum Gasteiger partial charge on any atom is 0.317 e. The second kappa shape index (κ2) is 8.46. The predicted molar refractivity (Wildman–Crippen MR) is 98.6 cm³/mol. The van der Waals surface area contributed by atoms with Crippen LogP contribution in [-0.2, 0) is 6.42 Å². The number of urea groups is 1. The summed E-state index contributed by atoms with van der Waals surface area (Å²) in [5, 5.41) is 2.99. The summed E-state index contributed by atoms with van der Waals surface area (Å²) in [6, 6.07) is 12.1. The molecule has 2 aromatic rings. The quantitative estimate of drug-likeness (QED) is 0.908. The molecule has 3 rings (SSSR count). The minimum atomic E-state index is -0.00721. The maximum absolute atomic E-state index is 12.4. The van der Waals surface area contributed by atoms with E-state index in [1.54, 1.807) is 6.20 Å². The number of hydrogen-bond donors (Lipinski definition) is 1. The van der Waals surface area contributed by atoms with Crippen LogP contribution in [0, 0.1) is 0 Å². The van der Waals surface area contributed by atoms with Gasteiger partial charge in [0, 0.05) is 57.2 Å². The van der Waals surface area contributed by atoms with Crippen LogP contribution in [0.25, 0.3) is 0 Å². The SMILES string of the molecule is CN(C(=O)NCCc1ccccn1)C1CCN(c2ccccn2)CC1. The van der Waals surface area contributed by atoms with E-state index < -0.39 is 0 Å². The highest BCUT2D eigenvalue weighted by Crippen LogP contribution is 2.20. The van der Waals surface area contributed by atoms with Crippen LogP contribution in [0.1, 0.15) is 18.5 Å². The van der Waals surface area contributed by atoms with Gasteiger partial charge in [-0.3, -0.25) is 4.98 Å². The van der Waals surface area contributed by atoms with E-state index in [2.05, 4.69) is 20.2 Å². The molecule has 0 saturated carbocycles. The number of nitrogens with one attached hydrogen (secondary N) is 1. The van der Waals surface area contributed by atoms with E-state index in [4.69, 9.17) is 0 Å². The molecule has 3 heterocycles. The summed E-state index contributed by atoms with van der Waals surface area (Å²) in [6.45, 7) is 2.45. The van der Waals surface area contributed by atoms with E-state index in [0.29, 0.717) is 6.54 Å². The molecule has 1 aliphatic heterocycles. The number of carbonyl (C=O) groups is 1. The first-order valence-corrected chi connectivity index (χ1v) is 8.80. The Balaban J connectivity index is 1.42. The van der Waals surface area contributed by atoms with Crippen molar-refractivity contribution < 1.29 is 4.79 Å². The molecule has 0 bridgehead atoms. The van der Waals surface area contributed by atoms with E-state index in [1.807, 2.05) is 54.5 Å². The van der Waals surface area contributed by atoms with Gasteiger partial charge in [-0.25, -0.2) is 9.78 Å². The molecular weight excluding hydrogens is 314 g/mol. The fourth-order valence-electron chi connectivity index (χ4n) is 3.16. The van der Waals surface area contributed by atoms with Gasteiger partial charge >= 0.3 is 6.03 Å². The van der Waals surface area contributed by atoms with Gasteiger partial charge in [0.25, 0.3) is 0 Å². The molecule has 0 spiro atoms. The number of piperidine rings is 1. The van der Waals surface area contributed by atoms with Gasteiger partial charge in [0.05, 0.1) is 0 Å². The molecule has 25 heavy (non-hydrogen) atoms. The Morgan fingerprint density at radius 3 is 2.52 bits per heavy atom. The third-order valence-corrected chi connectivity index (χ3v) is 4.69. The van der Waals surface area contributed by atoms with Crippen molar-refractivity contribution in [1.82, 2.24) is 20.2 Å². The summed E-state index contributed by atoms with van der Waals surface area (Å²) in [5.41, 5.74) is 0.995. The summed E-state index contributed by atoms with van der Waals surface area (Å²) in [4.78, 5) is 25.1. The molecule has 0 aliphatic carbocycles. The Kier molecular flexibility index (Phi) is 5.82. The smallest absolute Gasteiger partial charge is 0.317 e. The lowest BCUT2D eigenvalue weighted by Crippen LogP contribution is -2.49. The number of rotatable bonds is 5. The van der Waals surface area contributed by atoms with Crippen molar-refractivity contribution in [3.05, 3.63) is 54.5 Å². The van der Waals surface area contributed by atoms with Crippen molar-refractivity contribution in [2.75, 3.05) is 31.6 Å². The highest BCUT2D eigenvalue weighted by molar-refractivity contribution is 5.74. The Morgan fingerprint density at radius 1 is 1.16 bits per heavy atom. The minimum Gasteiger partial charge on any atom is -0.356 e. The zero-order valence-electron chi connectivity index (χ0n) is 14.6. The maximum atomic E-state index is 12.4. The zero-order valence-corrected chi connectivity index (χ0v) is 14.6. The molecule has 1 N–H and O–H groups in total. The second-order valence-corrected chi connectivity index (χ2v) is 6.32. The fraction of sp³-hybridized carbons (Fsp3) is 0.421. The third-order valence-electron chi connectivity index (χ3n) is 4.69. The molecule has 1 aliphatic rings. The van der Waals surface area contributed by atoms with Gasteiger partial charge in [0.15, 0.2) is 0 Å². The van der Waals surface area contributed by atoms with Crippen LogP contribution in [0.4, 0.5) is 10.6 Å². The Hall–Kier alpha value is -2.63. The molecule has 1 fully saturated rings. The highest BCUT2D eigenvalue weighted by atomic mass is 16.2. The first-order valence-electron chi connectivity index (χ1n) is 8.80. The molecular formula is C19H25N5O. The first-order chi connectivity index (χ1) is 12.2. The monoisotopic (exact) mass is 339 g/mol. The summed E-state index contributed by atoms with van der Waals surface area (Å²) in [5.74, 6) is 1.02. The number of aromatic nitrogens is 2. The number of anilines is 1. The van der Waals surface area contributed by atoms with Crippen molar-refractivity contribution in [1.29, 1.82) is 0 Å². The molecule has 0 atom stereocenters. The van der Waals surface area contributed by atoms with Crippen LogP contribution in [0.15, 0.2) is 48.8 Å². The van der Waals surface area contributed by atoms with Gasteiger partial charge in [-0.05, 0) is 37.1 Å². The number of nitrogens with zero attached hydrogens (tertiary/aromatic N) is 4. The molecule has 0 radical (unpaired) electrons. The van der Waals surface area contributed by atoms with Crippen molar-refractivity contribution >= 4 is 11.8 Å². The van der Waals surface area contributed by atoms with Gasteiger partial charge < -0.3 is 15.1 Å². The Morgan fingerprint density at radius 2 is 1.88 bits per heavy atom. The van der Waals surface area contributed by atoms with E-state index in [9.17, 15) is 4.79 Å². The lowest BCUT2D eigenvalue weighted by molar-refractivity contribution is 0.180. The topological polar surface area (TPSA) is 61.4 Å². The Labute approximate surface area is 148 Å². The first kappa shape index (κ1) is 17.2. The number of carbonyl (C=O) groups excluding carboxylic acids is 1. The molecule has 0 unspecified atom stereocenters. The lowest BCUT2D eigenvalue weighted by Gasteiger charge is -2.37. The van der Waals surface area contributed by atoms with Crippen LogP contribution in [0.2, 0.25) is 0 Å². The molecule has 2 aromatic heterocycles. The van der Waals surface area contributed by atoms with Gasteiger partial charge in [-0.2, -0.15) is 0 Å². The summed E-state index contributed by atoms with van der Waals surface area (Å²) >= 11 is 0. The summed E-state index contributed by atoms with van der Waals surface area (Å²) in [7, 11) is 1.89.